The highest BCUT2D eigenvalue weighted by Crippen LogP contribution is 2.33. The molecule has 0 unspecified atom stereocenters. The summed E-state index contributed by atoms with van der Waals surface area (Å²) in [7, 11) is 0. The Labute approximate surface area is 151 Å². The number of aliphatic imine (C=N–C) groups is 1. The van der Waals surface area contributed by atoms with Crippen LogP contribution in [0.25, 0.3) is 0 Å². The van der Waals surface area contributed by atoms with Crippen molar-refractivity contribution in [1.29, 1.82) is 0 Å². The number of thioether (sulfide) groups is 1. The molecule has 9 nitrogen and oxygen atoms in total. The van der Waals surface area contributed by atoms with Gasteiger partial charge in [0.15, 0.2) is 16.7 Å². The Kier molecular flexibility index (Phi) is 4.85. The normalized spacial score (nSPS) is 17.2. The number of benzene rings is 1. The maximum absolute atomic E-state index is 12.6. The lowest BCUT2D eigenvalue weighted by Gasteiger charge is -2.15. The van der Waals surface area contributed by atoms with Crippen LogP contribution >= 0.6 is 11.8 Å². The van der Waals surface area contributed by atoms with Gasteiger partial charge >= 0.3 is 5.97 Å². The summed E-state index contributed by atoms with van der Waals surface area (Å²) in [6.07, 6.45) is 2.09. The van der Waals surface area contributed by atoms with E-state index in [2.05, 4.69) is 15.0 Å². The van der Waals surface area contributed by atoms with E-state index in [4.69, 9.17) is 10.8 Å². The maximum Gasteiger partial charge on any atom is 0.329 e. The third-order valence-corrected chi connectivity index (χ3v) is 4.40. The topological polar surface area (TPSA) is 142 Å². The van der Waals surface area contributed by atoms with Crippen LogP contribution in [0.4, 0.5) is 5.82 Å². The Morgan fingerprint density at radius 3 is 2.73 bits per heavy atom. The minimum absolute atomic E-state index is 0.000810. The van der Waals surface area contributed by atoms with E-state index in [1.165, 1.54) is 11.2 Å². The van der Waals surface area contributed by atoms with E-state index in [1.807, 2.05) is 30.3 Å². The molecule has 1 saturated heterocycles. The smallest absolute Gasteiger partial charge is 0.329 e. The van der Waals surface area contributed by atoms with E-state index in [0.29, 0.717) is 0 Å². The average Bonchev–Trinajstić information content (AvgIpc) is 3.16. The summed E-state index contributed by atoms with van der Waals surface area (Å²) in [4.78, 5) is 47.0. The minimum atomic E-state index is -1.24. The van der Waals surface area contributed by atoms with Gasteiger partial charge in [-0.25, -0.2) is 14.8 Å². The van der Waals surface area contributed by atoms with Crippen molar-refractivity contribution in [2.75, 3.05) is 0 Å². The molecule has 3 rings (SSSR count). The van der Waals surface area contributed by atoms with E-state index in [0.717, 1.165) is 23.4 Å². The lowest BCUT2D eigenvalue weighted by atomic mass is 10.2. The van der Waals surface area contributed by atoms with Crippen molar-refractivity contribution in [2.45, 2.75) is 6.54 Å². The monoisotopic (exact) mass is 371 g/mol. The number of carboxylic acid groups (broad SMARTS) is 1. The molecule has 0 saturated carbocycles. The Balaban J connectivity index is 2.00. The highest BCUT2D eigenvalue weighted by molar-refractivity contribution is 8.18. The molecule has 1 aliphatic heterocycles. The summed E-state index contributed by atoms with van der Waals surface area (Å²) in [6.45, 7) is 0.193. The van der Waals surface area contributed by atoms with Gasteiger partial charge in [-0.3, -0.25) is 14.5 Å². The number of imidazole rings is 1. The first kappa shape index (κ1) is 17.4. The number of nitrogens with zero attached hydrogens (tertiary/aromatic N) is 3. The van der Waals surface area contributed by atoms with Crippen molar-refractivity contribution in [1.82, 2.24) is 14.9 Å². The highest BCUT2D eigenvalue weighted by Gasteiger charge is 2.34. The van der Waals surface area contributed by atoms with Gasteiger partial charge in [0, 0.05) is 6.08 Å². The summed E-state index contributed by atoms with van der Waals surface area (Å²) in [6, 6.07) is 9.16. The van der Waals surface area contributed by atoms with Crippen LogP contribution in [0.2, 0.25) is 0 Å². The number of hydrogen-bond donors (Lipinski definition) is 3. The first-order valence-electron chi connectivity index (χ1n) is 7.36. The molecule has 1 aliphatic rings. The van der Waals surface area contributed by atoms with E-state index >= 15 is 0 Å². The molecule has 4 N–H and O–H groups in total. The summed E-state index contributed by atoms with van der Waals surface area (Å²) in [5.41, 5.74) is 6.09. The van der Waals surface area contributed by atoms with Crippen molar-refractivity contribution < 1.29 is 19.5 Å². The van der Waals surface area contributed by atoms with Gasteiger partial charge in [0.2, 0.25) is 0 Å². The van der Waals surface area contributed by atoms with Crippen LogP contribution in [0.5, 0.6) is 0 Å². The number of aromatic amines is 1. The van der Waals surface area contributed by atoms with Gasteiger partial charge in [0.1, 0.15) is 0 Å². The number of primary amides is 1. The largest absolute Gasteiger partial charge is 0.478 e. The van der Waals surface area contributed by atoms with Gasteiger partial charge in [-0.05, 0) is 17.3 Å². The van der Waals surface area contributed by atoms with Crippen molar-refractivity contribution >= 4 is 40.5 Å². The van der Waals surface area contributed by atoms with Crippen LogP contribution < -0.4 is 5.73 Å². The van der Waals surface area contributed by atoms with Gasteiger partial charge in [0.25, 0.3) is 11.8 Å². The number of carbonyl (C=O) groups is 3. The molecule has 132 valence electrons. The van der Waals surface area contributed by atoms with Crippen LogP contribution in [-0.2, 0) is 16.1 Å². The summed E-state index contributed by atoms with van der Waals surface area (Å²) < 4.78 is 0. The van der Waals surface area contributed by atoms with Crippen molar-refractivity contribution in [3.05, 3.63) is 58.9 Å². The van der Waals surface area contributed by atoms with Crippen LogP contribution in [-0.4, -0.2) is 42.9 Å². The molecule has 10 heteroatoms. The fraction of sp³-hybridized carbons (Fsp3) is 0.0625. The first-order chi connectivity index (χ1) is 12.5. The number of nitrogens with one attached hydrogen (secondary N) is 1. The fourth-order valence-electron chi connectivity index (χ4n) is 2.25. The van der Waals surface area contributed by atoms with Gasteiger partial charge in [0.05, 0.1) is 17.8 Å². The second kappa shape index (κ2) is 7.23. The molecule has 0 aliphatic carbocycles. The Morgan fingerprint density at radius 1 is 1.35 bits per heavy atom. The van der Waals surface area contributed by atoms with E-state index in [1.54, 1.807) is 0 Å². The predicted molar refractivity (Wildman–Crippen MR) is 94.5 cm³/mol. The number of aromatic nitrogens is 2. The Bertz CT molecular complexity index is 935. The number of hydrogen-bond acceptors (Lipinski definition) is 6. The van der Waals surface area contributed by atoms with E-state index < -0.39 is 17.8 Å². The number of rotatable bonds is 5. The highest BCUT2D eigenvalue weighted by atomic mass is 32.2. The first-order valence-corrected chi connectivity index (χ1v) is 8.17. The number of H-pyrrole nitrogens is 1. The molecule has 0 atom stereocenters. The summed E-state index contributed by atoms with van der Waals surface area (Å²) >= 11 is 0.894. The molecular weight excluding hydrogens is 358 g/mol. The molecule has 1 fully saturated rings. The quantitative estimate of drug-likeness (QED) is 0.675. The second-order valence-corrected chi connectivity index (χ2v) is 6.19. The average molecular weight is 371 g/mol. The predicted octanol–water partition coefficient (Wildman–Crippen LogP) is 1.24. The zero-order chi connectivity index (χ0) is 18.7. The molecule has 2 amide bonds. The fourth-order valence-corrected chi connectivity index (χ4v) is 3.20. The molecule has 1 aromatic carbocycles. The Morgan fingerprint density at radius 2 is 2.08 bits per heavy atom. The van der Waals surface area contributed by atoms with Gasteiger partial charge < -0.3 is 15.8 Å². The SMILES string of the molecule is NC(=O)c1[nH]cnc1/N=C1\S/C(=C\C(=O)O)C(=O)N1Cc1ccccc1. The molecule has 2 aromatic rings. The molecule has 26 heavy (non-hydrogen) atoms. The van der Waals surface area contributed by atoms with Crippen LogP contribution in [0, 0.1) is 0 Å². The van der Waals surface area contributed by atoms with Crippen molar-refractivity contribution in [2.24, 2.45) is 10.7 Å². The Hall–Kier alpha value is -3.40. The third kappa shape index (κ3) is 3.64. The zero-order valence-corrected chi connectivity index (χ0v) is 14.1. The second-order valence-electron chi connectivity index (χ2n) is 5.19. The number of aliphatic carboxylic acids is 1. The number of carbonyl (C=O) groups excluding carboxylic acids is 2. The van der Waals surface area contributed by atoms with Gasteiger partial charge in [-0.15, -0.1) is 0 Å². The van der Waals surface area contributed by atoms with Crippen LogP contribution in [0.15, 0.2) is 52.6 Å². The lowest BCUT2D eigenvalue weighted by molar-refractivity contribution is -0.132. The summed E-state index contributed by atoms with van der Waals surface area (Å²) in [5, 5.41) is 9.16. The van der Waals surface area contributed by atoms with Crippen LogP contribution in [0.1, 0.15) is 16.1 Å². The number of amides is 2. The standard InChI is InChI=1S/C16H13N5O4S/c17-13(24)12-14(19-8-18-12)20-16-21(7-9-4-2-1-3-5-9)15(25)10(26-16)6-11(22)23/h1-6,8H,7H2,(H2,17,24)(H,18,19)(H,22,23)/b10-6-,20-16-. The molecule has 0 radical (unpaired) electrons. The third-order valence-electron chi connectivity index (χ3n) is 3.39. The van der Waals surface area contributed by atoms with Crippen molar-refractivity contribution in [3.63, 3.8) is 0 Å². The van der Waals surface area contributed by atoms with Crippen LogP contribution in [0.3, 0.4) is 0 Å². The molecule has 1 aromatic heterocycles. The van der Waals surface area contributed by atoms with Gasteiger partial charge in [-0.2, -0.15) is 0 Å². The minimum Gasteiger partial charge on any atom is -0.478 e. The van der Waals surface area contributed by atoms with Gasteiger partial charge in [-0.1, -0.05) is 30.3 Å². The summed E-state index contributed by atoms with van der Waals surface area (Å²) in [5.74, 6) is -2.44. The molecular formula is C16H13N5O4S. The maximum atomic E-state index is 12.6. The zero-order valence-electron chi connectivity index (χ0n) is 13.2. The van der Waals surface area contributed by atoms with E-state index in [9.17, 15) is 14.4 Å². The van der Waals surface area contributed by atoms with E-state index in [-0.39, 0.29) is 28.1 Å². The number of carboxylic acids is 1. The van der Waals surface area contributed by atoms with Crippen molar-refractivity contribution in [3.8, 4) is 0 Å². The molecule has 0 bridgehead atoms. The molecule has 0 spiro atoms. The number of amidine groups is 1. The molecule has 2 heterocycles. The number of nitrogens with two attached hydrogens (primary N) is 1. The lowest BCUT2D eigenvalue weighted by Crippen LogP contribution is -2.28.